The second-order valence-corrected chi connectivity index (χ2v) is 10.7. The van der Waals surface area contributed by atoms with E-state index in [0.29, 0.717) is 24.4 Å². The molecule has 41 heavy (non-hydrogen) atoms. The lowest BCUT2D eigenvalue weighted by Gasteiger charge is -2.28. The maximum absolute atomic E-state index is 13.4. The third kappa shape index (κ3) is 7.52. The van der Waals surface area contributed by atoms with E-state index in [9.17, 15) is 14.4 Å². The number of ether oxygens (including phenoxy) is 1. The molecule has 3 amide bonds. The van der Waals surface area contributed by atoms with Crippen LogP contribution < -0.4 is 10.6 Å². The van der Waals surface area contributed by atoms with Crippen LogP contribution in [0.1, 0.15) is 27.6 Å². The summed E-state index contributed by atoms with van der Waals surface area (Å²) in [7, 11) is 0. The number of rotatable bonds is 9. The third-order valence-electron chi connectivity index (χ3n) is 6.63. The molecule has 5 rings (SSSR count). The molecule has 4 aromatic rings. The average molecular weight is 567 g/mol. The van der Waals surface area contributed by atoms with Crippen molar-refractivity contribution in [3.05, 3.63) is 132 Å². The molecule has 0 radical (unpaired) electrons. The third-order valence-corrected chi connectivity index (χ3v) is 7.95. The van der Waals surface area contributed by atoms with Gasteiger partial charge in [-0.25, -0.2) is 4.79 Å². The van der Waals surface area contributed by atoms with Gasteiger partial charge in [-0.2, -0.15) is 0 Å². The minimum atomic E-state index is -0.724. The molecule has 1 aliphatic rings. The van der Waals surface area contributed by atoms with Crippen molar-refractivity contribution < 1.29 is 19.1 Å². The van der Waals surface area contributed by atoms with Crippen LogP contribution in [0.25, 0.3) is 0 Å². The number of amides is 3. The molecule has 2 heterocycles. The molecule has 9 heteroatoms. The number of benzene rings is 3. The summed E-state index contributed by atoms with van der Waals surface area (Å²) in [5, 5.41) is 5.49. The van der Waals surface area contributed by atoms with Gasteiger partial charge in [-0.1, -0.05) is 72.8 Å². The van der Waals surface area contributed by atoms with Crippen LogP contribution in [0.5, 0.6) is 0 Å². The van der Waals surface area contributed by atoms with E-state index >= 15 is 0 Å². The lowest BCUT2D eigenvalue weighted by molar-refractivity contribution is -0.121. The van der Waals surface area contributed by atoms with E-state index in [1.165, 1.54) is 16.7 Å². The molecule has 2 atom stereocenters. The van der Waals surface area contributed by atoms with Gasteiger partial charge in [0, 0.05) is 30.4 Å². The average Bonchev–Trinajstić information content (AvgIpc) is 3.47. The van der Waals surface area contributed by atoms with E-state index in [-0.39, 0.29) is 23.8 Å². The Labute approximate surface area is 243 Å². The van der Waals surface area contributed by atoms with Gasteiger partial charge in [-0.3, -0.25) is 19.5 Å². The Kier molecular flexibility index (Phi) is 9.28. The molecule has 1 fully saturated rings. The van der Waals surface area contributed by atoms with Crippen LogP contribution in [-0.4, -0.2) is 39.6 Å². The predicted molar refractivity (Wildman–Crippen MR) is 159 cm³/mol. The second-order valence-electron chi connectivity index (χ2n) is 9.55. The van der Waals surface area contributed by atoms with E-state index in [1.807, 2.05) is 84.9 Å². The summed E-state index contributed by atoms with van der Waals surface area (Å²) in [4.78, 5) is 44.6. The SMILES string of the molecule is O=C(Cc1ccccc1)NCc1ccc(NC(=O)[C@@H]2CSC(c3ccncc3)N2C(=O)OCc2ccccc2)cc1. The van der Waals surface area contributed by atoms with Crippen LogP contribution in [0.2, 0.25) is 0 Å². The summed E-state index contributed by atoms with van der Waals surface area (Å²) in [5.74, 6) is 0.0649. The quantitative estimate of drug-likeness (QED) is 0.284. The predicted octanol–water partition coefficient (Wildman–Crippen LogP) is 5.33. The summed E-state index contributed by atoms with van der Waals surface area (Å²) in [5.41, 5.74) is 4.20. The van der Waals surface area contributed by atoms with Gasteiger partial charge in [0.1, 0.15) is 18.0 Å². The molecule has 3 aromatic carbocycles. The van der Waals surface area contributed by atoms with E-state index in [0.717, 1.165) is 22.3 Å². The van der Waals surface area contributed by atoms with E-state index < -0.39 is 12.1 Å². The number of anilines is 1. The van der Waals surface area contributed by atoms with Crippen LogP contribution in [0.15, 0.2) is 109 Å². The Morgan fingerprint density at radius 1 is 0.829 bits per heavy atom. The van der Waals surface area contributed by atoms with Crippen molar-refractivity contribution in [2.24, 2.45) is 0 Å². The van der Waals surface area contributed by atoms with Gasteiger partial charge in [-0.15, -0.1) is 11.8 Å². The lowest BCUT2D eigenvalue weighted by atomic mass is 10.1. The summed E-state index contributed by atoms with van der Waals surface area (Å²) in [6.07, 6.45) is 3.10. The second kappa shape index (κ2) is 13.6. The van der Waals surface area contributed by atoms with Crippen molar-refractivity contribution in [3.8, 4) is 0 Å². The Morgan fingerprint density at radius 3 is 2.17 bits per heavy atom. The summed E-state index contributed by atoms with van der Waals surface area (Å²) >= 11 is 1.51. The highest BCUT2D eigenvalue weighted by atomic mass is 32.2. The Bertz CT molecular complexity index is 1450. The molecular weight excluding hydrogens is 536 g/mol. The largest absolute Gasteiger partial charge is 0.444 e. The van der Waals surface area contributed by atoms with Gasteiger partial charge in [0.25, 0.3) is 0 Å². The first-order valence-electron chi connectivity index (χ1n) is 13.3. The van der Waals surface area contributed by atoms with Crippen LogP contribution in [-0.2, 0) is 33.9 Å². The number of carbonyl (C=O) groups excluding carboxylic acids is 3. The van der Waals surface area contributed by atoms with Gasteiger partial charge < -0.3 is 15.4 Å². The molecule has 1 saturated heterocycles. The Hall–Kier alpha value is -4.63. The van der Waals surface area contributed by atoms with Crippen LogP contribution >= 0.6 is 11.8 Å². The lowest BCUT2D eigenvalue weighted by Crippen LogP contribution is -2.45. The highest BCUT2D eigenvalue weighted by molar-refractivity contribution is 7.99. The first-order valence-corrected chi connectivity index (χ1v) is 14.3. The highest BCUT2D eigenvalue weighted by Gasteiger charge is 2.43. The number of thioether (sulfide) groups is 1. The van der Waals surface area contributed by atoms with E-state index in [4.69, 9.17) is 4.74 Å². The van der Waals surface area contributed by atoms with E-state index in [1.54, 1.807) is 24.5 Å². The van der Waals surface area contributed by atoms with Crippen LogP contribution in [0, 0.1) is 0 Å². The van der Waals surface area contributed by atoms with Crippen molar-refractivity contribution in [1.29, 1.82) is 0 Å². The maximum Gasteiger partial charge on any atom is 0.412 e. The van der Waals surface area contributed by atoms with Crippen molar-refractivity contribution >= 4 is 35.4 Å². The first kappa shape index (κ1) is 27.9. The molecule has 8 nitrogen and oxygen atoms in total. The van der Waals surface area contributed by atoms with E-state index in [2.05, 4.69) is 15.6 Å². The summed E-state index contributed by atoms with van der Waals surface area (Å²) in [6.45, 7) is 0.495. The fourth-order valence-corrected chi connectivity index (χ4v) is 5.91. The summed E-state index contributed by atoms with van der Waals surface area (Å²) < 4.78 is 5.64. The van der Waals surface area contributed by atoms with Crippen LogP contribution in [0.3, 0.4) is 0 Å². The smallest absolute Gasteiger partial charge is 0.412 e. The molecule has 208 valence electrons. The van der Waals surface area contributed by atoms with Crippen molar-refractivity contribution in [2.75, 3.05) is 11.1 Å². The van der Waals surface area contributed by atoms with Gasteiger partial charge in [0.05, 0.1) is 6.42 Å². The number of pyridine rings is 1. The maximum atomic E-state index is 13.4. The molecule has 0 spiro atoms. The fourth-order valence-electron chi connectivity index (χ4n) is 4.49. The zero-order chi connectivity index (χ0) is 28.4. The molecule has 1 aromatic heterocycles. The highest BCUT2D eigenvalue weighted by Crippen LogP contribution is 2.42. The molecule has 0 saturated carbocycles. The van der Waals surface area contributed by atoms with Crippen molar-refractivity contribution in [1.82, 2.24) is 15.2 Å². The number of aromatic nitrogens is 1. The molecule has 0 bridgehead atoms. The zero-order valence-corrected chi connectivity index (χ0v) is 23.1. The molecule has 1 unspecified atom stereocenters. The number of hydrogen-bond acceptors (Lipinski definition) is 6. The molecule has 0 aliphatic carbocycles. The van der Waals surface area contributed by atoms with Crippen molar-refractivity contribution in [2.45, 2.75) is 31.0 Å². The number of nitrogens with one attached hydrogen (secondary N) is 2. The minimum Gasteiger partial charge on any atom is -0.444 e. The molecule has 1 aliphatic heterocycles. The monoisotopic (exact) mass is 566 g/mol. The van der Waals surface area contributed by atoms with Crippen LogP contribution in [0.4, 0.5) is 10.5 Å². The topological polar surface area (TPSA) is 101 Å². The van der Waals surface area contributed by atoms with Gasteiger partial charge >= 0.3 is 6.09 Å². The fraction of sp³-hybridized carbons (Fsp3) is 0.188. The van der Waals surface area contributed by atoms with Gasteiger partial charge in [0.2, 0.25) is 11.8 Å². The zero-order valence-electron chi connectivity index (χ0n) is 22.3. The van der Waals surface area contributed by atoms with Gasteiger partial charge in [-0.05, 0) is 46.5 Å². The first-order chi connectivity index (χ1) is 20.1. The number of carbonyl (C=O) groups is 3. The normalized spacial score (nSPS) is 16.1. The molecular formula is C32H30N4O4S. The summed E-state index contributed by atoms with van der Waals surface area (Å²) in [6, 6.07) is 29.3. The minimum absolute atomic E-state index is 0.0599. The Balaban J connectivity index is 1.21. The van der Waals surface area contributed by atoms with Crippen molar-refractivity contribution in [3.63, 3.8) is 0 Å². The number of hydrogen-bond donors (Lipinski definition) is 2. The Morgan fingerprint density at radius 2 is 1.49 bits per heavy atom. The number of nitrogens with zero attached hydrogens (tertiary/aromatic N) is 2. The standard InChI is InChI=1S/C32H30N4O4S/c37-29(19-23-7-3-1-4-8-23)34-20-24-11-13-27(14-12-24)35-30(38)28-22-41-31(26-15-17-33-18-16-26)36(28)32(39)40-21-25-9-5-2-6-10-25/h1-18,28,31H,19-22H2,(H,34,37)(H,35,38)/t28-,31?/m0/s1. The molecule has 2 N–H and O–H groups in total. The van der Waals surface area contributed by atoms with Gasteiger partial charge in [0.15, 0.2) is 0 Å².